The summed E-state index contributed by atoms with van der Waals surface area (Å²) in [5.74, 6) is 0.882. The number of methoxy groups -OCH3 is 1. The zero-order valence-corrected chi connectivity index (χ0v) is 18.6. The van der Waals surface area contributed by atoms with E-state index in [9.17, 15) is 5.11 Å². The summed E-state index contributed by atoms with van der Waals surface area (Å²) in [4.78, 5) is 4.84. The summed E-state index contributed by atoms with van der Waals surface area (Å²) >= 11 is 6.43. The highest BCUT2D eigenvalue weighted by Crippen LogP contribution is 2.37. The number of piperazine rings is 1. The van der Waals surface area contributed by atoms with Gasteiger partial charge in [-0.3, -0.25) is 9.80 Å². The van der Waals surface area contributed by atoms with E-state index < -0.39 is 6.10 Å². The number of hydrogen-bond acceptors (Lipinski definition) is 4. The van der Waals surface area contributed by atoms with E-state index in [1.54, 1.807) is 7.11 Å². The first kappa shape index (κ1) is 21.8. The van der Waals surface area contributed by atoms with E-state index in [-0.39, 0.29) is 6.04 Å². The van der Waals surface area contributed by atoms with Crippen LogP contribution in [0.3, 0.4) is 0 Å². The molecule has 0 radical (unpaired) electrons. The maximum atomic E-state index is 11.4. The van der Waals surface area contributed by atoms with Crippen LogP contribution in [0.5, 0.6) is 5.75 Å². The highest BCUT2D eigenvalue weighted by Gasteiger charge is 2.32. The van der Waals surface area contributed by atoms with Gasteiger partial charge >= 0.3 is 0 Å². The molecule has 0 saturated carbocycles. The standard InChI is InChI=1S/C26H29ClN2O2/c1-31-22-13-11-20(12-14-22)19-28-15-17-29(18-16-28)25(21-7-3-2-4-8-21)26(30)23-9-5-6-10-24(23)27/h2-14,25-26,30H,15-19H2,1H3. The van der Waals surface area contributed by atoms with Crippen molar-refractivity contribution in [2.24, 2.45) is 0 Å². The Morgan fingerprint density at radius 1 is 0.871 bits per heavy atom. The predicted molar refractivity (Wildman–Crippen MR) is 125 cm³/mol. The fourth-order valence-electron chi connectivity index (χ4n) is 4.32. The third-order valence-electron chi connectivity index (χ3n) is 6.03. The molecule has 4 nitrogen and oxygen atoms in total. The number of halogens is 1. The summed E-state index contributed by atoms with van der Waals surface area (Å²) in [6, 6.07) is 26.0. The van der Waals surface area contributed by atoms with Gasteiger partial charge in [0.15, 0.2) is 0 Å². The Bertz CT molecular complexity index is 957. The molecule has 0 spiro atoms. The summed E-state index contributed by atoms with van der Waals surface area (Å²) in [6.45, 7) is 4.59. The van der Waals surface area contributed by atoms with Crippen LogP contribution in [0.15, 0.2) is 78.9 Å². The number of aliphatic hydroxyl groups excluding tert-OH is 1. The zero-order valence-electron chi connectivity index (χ0n) is 17.8. The molecule has 1 saturated heterocycles. The molecule has 31 heavy (non-hydrogen) atoms. The minimum atomic E-state index is -0.691. The predicted octanol–water partition coefficient (Wildman–Crippen LogP) is 4.94. The van der Waals surface area contributed by atoms with Crippen LogP contribution in [0.25, 0.3) is 0 Å². The second kappa shape index (κ2) is 10.3. The van der Waals surface area contributed by atoms with E-state index >= 15 is 0 Å². The van der Waals surface area contributed by atoms with E-state index in [0.29, 0.717) is 5.02 Å². The minimum Gasteiger partial charge on any atom is -0.497 e. The molecular formula is C26H29ClN2O2. The van der Waals surface area contributed by atoms with Gasteiger partial charge < -0.3 is 9.84 Å². The van der Waals surface area contributed by atoms with Crippen LogP contribution in [0.2, 0.25) is 5.02 Å². The lowest BCUT2D eigenvalue weighted by atomic mass is 9.93. The van der Waals surface area contributed by atoms with Gasteiger partial charge in [-0.1, -0.05) is 72.3 Å². The average molecular weight is 437 g/mol. The van der Waals surface area contributed by atoms with E-state index in [4.69, 9.17) is 16.3 Å². The molecule has 1 aliphatic rings. The molecule has 2 atom stereocenters. The SMILES string of the molecule is COc1ccc(CN2CCN(C(c3ccccc3)C(O)c3ccccc3Cl)CC2)cc1. The van der Waals surface area contributed by atoms with Crippen LogP contribution < -0.4 is 4.74 Å². The van der Waals surface area contributed by atoms with Gasteiger partial charge in [0.2, 0.25) is 0 Å². The van der Waals surface area contributed by atoms with Gasteiger partial charge in [-0.2, -0.15) is 0 Å². The molecule has 2 unspecified atom stereocenters. The van der Waals surface area contributed by atoms with Crippen LogP contribution in [-0.2, 0) is 6.54 Å². The Morgan fingerprint density at radius 2 is 1.52 bits per heavy atom. The molecule has 0 bridgehead atoms. The number of hydrogen-bond donors (Lipinski definition) is 1. The normalized spacial score (nSPS) is 17.3. The Hall–Kier alpha value is -2.37. The van der Waals surface area contributed by atoms with Gasteiger partial charge in [0, 0.05) is 43.3 Å². The molecule has 4 rings (SSSR count). The van der Waals surface area contributed by atoms with Crippen molar-refractivity contribution in [2.45, 2.75) is 18.7 Å². The smallest absolute Gasteiger partial charge is 0.118 e. The van der Waals surface area contributed by atoms with Crippen LogP contribution in [0.1, 0.15) is 28.8 Å². The second-order valence-corrected chi connectivity index (χ2v) is 8.39. The van der Waals surface area contributed by atoms with Gasteiger partial charge in [0.05, 0.1) is 13.2 Å². The van der Waals surface area contributed by atoms with E-state index in [1.807, 2.05) is 54.6 Å². The molecule has 5 heteroatoms. The number of ether oxygens (including phenoxy) is 1. The Labute approximate surface area is 189 Å². The number of rotatable bonds is 7. The largest absolute Gasteiger partial charge is 0.497 e. The van der Waals surface area contributed by atoms with Crippen molar-refractivity contribution < 1.29 is 9.84 Å². The summed E-state index contributed by atoms with van der Waals surface area (Å²) < 4.78 is 5.26. The van der Waals surface area contributed by atoms with Crippen LogP contribution >= 0.6 is 11.6 Å². The number of benzene rings is 3. The Morgan fingerprint density at radius 3 is 2.16 bits per heavy atom. The molecule has 1 heterocycles. The Kier molecular flexibility index (Phi) is 7.25. The first-order valence-corrected chi connectivity index (χ1v) is 11.1. The molecule has 0 amide bonds. The summed E-state index contributed by atoms with van der Waals surface area (Å²) in [6.07, 6.45) is -0.691. The molecule has 162 valence electrons. The van der Waals surface area contributed by atoms with Crippen molar-refractivity contribution in [3.8, 4) is 5.75 Å². The lowest BCUT2D eigenvalue weighted by Gasteiger charge is -2.41. The fourth-order valence-corrected chi connectivity index (χ4v) is 4.56. The first-order valence-electron chi connectivity index (χ1n) is 10.7. The lowest BCUT2D eigenvalue weighted by molar-refractivity contribution is 0.0149. The highest BCUT2D eigenvalue weighted by atomic mass is 35.5. The van der Waals surface area contributed by atoms with Crippen molar-refractivity contribution in [3.05, 3.63) is 101 Å². The van der Waals surface area contributed by atoms with Crippen LogP contribution in [0, 0.1) is 0 Å². The highest BCUT2D eigenvalue weighted by molar-refractivity contribution is 6.31. The van der Waals surface area contributed by atoms with Gasteiger partial charge in [-0.15, -0.1) is 0 Å². The number of aliphatic hydroxyl groups is 1. The molecule has 1 N–H and O–H groups in total. The first-order chi connectivity index (χ1) is 15.2. The summed E-state index contributed by atoms with van der Waals surface area (Å²) in [5, 5.41) is 12.0. The zero-order chi connectivity index (χ0) is 21.6. The van der Waals surface area contributed by atoms with Crippen molar-refractivity contribution in [2.75, 3.05) is 33.3 Å². The second-order valence-electron chi connectivity index (χ2n) is 7.98. The average Bonchev–Trinajstić information content (AvgIpc) is 2.82. The van der Waals surface area contributed by atoms with Gasteiger partial charge in [0.1, 0.15) is 11.9 Å². The third-order valence-corrected chi connectivity index (χ3v) is 6.37. The topological polar surface area (TPSA) is 35.9 Å². The number of nitrogens with zero attached hydrogens (tertiary/aromatic N) is 2. The molecule has 0 aromatic heterocycles. The Balaban J connectivity index is 1.47. The lowest BCUT2D eigenvalue weighted by Crippen LogP contribution is -2.48. The fraction of sp³-hybridized carbons (Fsp3) is 0.308. The van der Waals surface area contributed by atoms with Gasteiger partial charge in [-0.25, -0.2) is 0 Å². The molecular weight excluding hydrogens is 408 g/mol. The van der Waals surface area contributed by atoms with Gasteiger partial charge in [-0.05, 0) is 29.3 Å². The van der Waals surface area contributed by atoms with Crippen LogP contribution in [0.4, 0.5) is 0 Å². The maximum Gasteiger partial charge on any atom is 0.118 e. The molecule has 3 aromatic rings. The van der Waals surface area contributed by atoms with Gasteiger partial charge in [0.25, 0.3) is 0 Å². The summed E-state index contributed by atoms with van der Waals surface area (Å²) in [5.41, 5.74) is 3.17. The molecule has 3 aromatic carbocycles. The van der Waals surface area contributed by atoms with E-state index in [0.717, 1.165) is 49.6 Å². The van der Waals surface area contributed by atoms with E-state index in [1.165, 1.54) is 5.56 Å². The van der Waals surface area contributed by atoms with Crippen molar-refractivity contribution in [1.82, 2.24) is 9.80 Å². The van der Waals surface area contributed by atoms with Crippen LogP contribution in [-0.4, -0.2) is 48.2 Å². The third kappa shape index (κ3) is 5.28. The molecule has 1 fully saturated rings. The van der Waals surface area contributed by atoms with E-state index in [2.05, 4.69) is 34.1 Å². The van der Waals surface area contributed by atoms with Crippen molar-refractivity contribution >= 4 is 11.6 Å². The van der Waals surface area contributed by atoms with Crippen molar-refractivity contribution in [1.29, 1.82) is 0 Å². The molecule has 1 aliphatic heterocycles. The minimum absolute atomic E-state index is 0.135. The quantitative estimate of drug-likeness (QED) is 0.569. The summed E-state index contributed by atoms with van der Waals surface area (Å²) in [7, 11) is 1.69. The monoisotopic (exact) mass is 436 g/mol. The van der Waals surface area contributed by atoms with Crippen molar-refractivity contribution in [3.63, 3.8) is 0 Å². The molecule has 0 aliphatic carbocycles. The maximum absolute atomic E-state index is 11.4.